The van der Waals surface area contributed by atoms with Gasteiger partial charge < -0.3 is 14.8 Å². The van der Waals surface area contributed by atoms with Crippen LogP contribution in [0.3, 0.4) is 0 Å². The van der Waals surface area contributed by atoms with Gasteiger partial charge in [-0.2, -0.15) is 0 Å². The zero-order valence-corrected chi connectivity index (χ0v) is 13.4. The summed E-state index contributed by atoms with van der Waals surface area (Å²) in [5, 5.41) is 3.50. The average molecular weight is 279 g/mol. The Balaban J connectivity index is 2.47. The van der Waals surface area contributed by atoms with E-state index in [0.717, 1.165) is 19.6 Å². The molecular formula is C17H29NO2. The Hall–Kier alpha value is -0.900. The second kappa shape index (κ2) is 9.92. The molecule has 0 fully saturated rings. The first-order chi connectivity index (χ1) is 9.69. The van der Waals surface area contributed by atoms with Crippen LogP contribution < -0.4 is 5.32 Å². The zero-order valence-electron chi connectivity index (χ0n) is 13.4. The SMILES string of the molecule is CCCOCCOCC(NCC)c1ccc(C)cc1C. The standard InChI is InChI=1S/C17H29NO2/c1-5-9-19-10-11-20-13-17(18-6-2)16-8-7-14(3)12-15(16)4/h7-8,12,17-18H,5-6,9-11,13H2,1-4H3. The number of hydrogen-bond donors (Lipinski definition) is 1. The fourth-order valence-corrected chi connectivity index (χ4v) is 2.29. The number of likely N-dealkylation sites (N-methyl/N-ethyl adjacent to an activating group) is 1. The average Bonchev–Trinajstić information content (AvgIpc) is 2.42. The summed E-state index contributed by atoms with van der Waals surface area (Å²) in [6, 6.07) is 6.85. The number of ether oxygens (including phenoxy) is 2. The number of aryl methyl sites for hydroxylation is 2. The first kappa shape index (κ1) is 17.2. The van der Waals surface area contributed by atoms with Gasteiger partial charge in [-0.3, -0.25) is 0 Å². The van der Waals surface area contributed by atoms with E-state index in [2.05, 4.69) is 51.2 Å². The van der Waals surface area contributed by atoms with Crippen molar-refractivity contribution in [2.45, 2.75) is 40.2 Å². The third kappa shape index (κ3) is 6.04. The Morgan fingerprint density at radius 2 is 1.80 bits per heavy atom. The molecule has 0 aliphatic rings. The second-order valence-corrected chi connectivity index (χ2v) is 5.16. The smallest absolute Gasteiger partial charge is 0.0701 e. The van der Waals surface area contributed by atoms with E-state index in [1.165, 1.54) is 16.7 Å². The predicted octanol–water partition coefficient (Wildman–Crippen LogP) is 3.40. The number of benzene rings is 1. The molecule has 1 unspecified atom stereocenters. The van der Waals surface area contributed by atoms with Crippen molar-refractivity contribution in [1.29, 1.82) is 0 Å². The highest BCUT2D eigenvalue weighted by molar-refractivity contribution is 5.32. The molecule has 0 bridgehead atoms. The Morgan fingerprint density at radius 3 is 2.45 bits per heavy atom. The van der Waals surface area contributed by atoms with Crippen LogP contribution >= 0.6 is 0 Å². The summed E-state index contributed by atoms with van der Waals surface area (Å²) in [5.41, 5.74) is 3.95. The fourth-order valence-electron chi connectivity index (χ4n) is 2.29. The van der Waals surface area contributed by atoms with Gasteiger partial charge in [-0.1, -0.05) is 37.6 Å². The second-order valence-electron chi connectivity index (χ2n) is 5.16. The van der Waals surface area contributed by atoms with Crippen molar-refractivity contribution in [3.05, 3.63) is 34.9 Å². The first-order valence-electron chi connectivity index (χ1n) is 7.65. The lowest BCUT2D eigenvalue weighted by atomic mass is 9.99. The largest absolute Gasteiger partial charge is 0.379 e. The molecule has 0 radical (unpaired) electrons. The topological polar surface area (TPSA) is 30.5 Å². The highest BCUT2D eigenvalue weighted by Gasteiger charge is 2.12. The Kier molecular flexibility index (Phi) is 8.51. The molecule has 1 aromatic rings. The number of hydrogen-bond acceptors (Lipinski definition) is 3. The summed E-state index contributed by atoms with van der Waals surface area (Å²) in [6.45, 7) is 12.3. The van der Waals surface area contributed by atoms with E-state index in [9.17, 15) is 0 Å². The van der Waals surface area contributed by atoms with Crippen LogP contribution in [0.1, 0.15) is 43.0 Å². The van der Waals surface area contributed by atoms with Crippen molar-refractivity contribution in [2.24, 2.45) is 0 Å². The van der Waals surface area contributed by atoms with Gasteiger partial charge in [-0.25, -0.2) is 0 Å². The molecule has 1 aromatic carbocycles. The summed E-state index contributed by atoms with van der Waals surface area (Å²) >= 11 is 0. The van der Waals surface area contributed by atoms with E-state index in [1.807, 2.05) is 0 Å². The maximum atomic E-state index is 5.75. The van der Waals surface area contributed by atoms with Crippen LogP contribution in [0.4, 0.5) is 0 Å². The molecule has 0 saturated carbocycles. The molecule has 0 aromatic heterocycles. The molecule has 0 spiro atoms. The van der Waals surface area contributed by atoms with Crippen molar-refractivity contribution >= 4 is 0 Å². The van der Waals surface area contributed by atoms with Gasteiger partial charge in [0.2, 0.25) is 0 Å². The molecule has 1 N–H and O–H groups in total. The van der Waals surface area contributed by atoms with Crippen LogP contribution in [0.25, 0.3) is 0 Å². The predicted molar refractivity (Wildman–Crippen MR) is 84.3 cm³/mol. The van der Waals surface area contributed by atoms with Crippen LogP contribution in [0.2, 0.25) is 0 Å². The molecule has 0 aliphatic heterocycles. The van der Waals surface area contributed by atoms with Crippen molar-refractivity contribution in [3.63, 3.8) is 0 Å². The van der Waals surface area contributed by atoms with Crippen LogP contribution in [0.15, 0.2) is 18.2 Å². The minimum absolute atomic E-state index is 0.256. The fraction of sp³-hybridized carbons (Fsp3) is 0.647. The third-order valence-electron chi connectivity index (χ3n) is 3.26. The van der Waals surface area contributed by atoms with E-state index in [4.69, 9.17) is 9.47 Å². The molecule has 1 atom stereocenters. The van der Waals surface area contributed by atoms with E-state index in [-0.39, 0.29) is 6.04 Å². The number of rotatable bonds is 10. The van der Waals surface area contributed by atoms with Gasteiger partial charge in [0.25, 0.3) is 0 Å². The van der Waals surface area contributed by atoms with Crippen molar-refractivity contribution < 1.29 is 9.47 Å². The Morgan fingerprint density at radius 1 is 1.05 bits per heavy atom. The van der Waals surface area contributed by atoms with Crippen LogP contribution in [-0.2, 0) is 9.47 Å². The molecule has 114 valence electrons. The van der Waals surface area contributed by atoms with Gasteiger partial charge in [0.05, 0.1) is 25.9 Å². The first-order valence-corrected chi connectivity index (χ1v) is 7.65. The van der Waals surface area contributed by atoms with Gasteiger partial charge in [-0.05, 0) is 37.9 Å². The van der Waals surface area contributed by atoms with E-state index < -0.39 is 0 Å². The molecule has 1 rings (SSSR count). The maximum Gasteiger partial charge on any atom is 0.0701 e. The lowest BCUT2D eigenvalue weighted by Crippen LogP contribution is -2.26. The Labute approximate surface area is 123 Å². The molecule has 0 heterocycles. The van der Waals surface area contributed by atoms with Gasteiger partial charge in [-0.15, -0.1) is 0 Å². The molecule has 3 heteroatoms. The lowest BCUT2D eigenvalue weighted by molar-refractivity contribution is 0.0392. The van der Waals surface area contributed by atoms with Crippen LogP contribution in [0.5, 0.6) is 0 Å². The highest BCUT2D eigenvalue weighted by Crippen LogP contribution is 2.19. The monoisotopic (exact) mass is 279 g/mol. The molecule has 0 saturated heterocycles. The summed E-state index contributed by atoms with van der Waals surface area (Å²) in [6.07, 6.45) is 1.06. The summed E-state index contributed by atoms with van der Waals surface area (Å²) in [4.78, 5) is 0. The van der Waals surface area contributed by atoms with Gasteiger partial charge >= 0.3 is 0 Å². The van der Waals surface area contributed by atoms with E-state index in [1.54, 1.807) is 0 Å². The van der Waals surface area contributed by atoms with Gasteiger partial charge in [0.1, 0.15) is 0 Å². The minimum Gasteiger partial charge on any atom is -0.379 e. The van der Waals surface area contributed by atoms with Crippen molar-refractivity contribution in [1.82, 2.24) is 5.32 Å². The molecular weight excluding hydrogens is 250 g/mol. The van der Waals surface area contributed by atoms with Crippen molar-refractivity contribution in [3.8, 4) is 0 Å². The van der Waals surface area contributed by atoms with Gasteiger partial charge in [0.15, 0.2) is 0 Å². The van der Waals surface area contributed by atoms with Crippen LogP contribution in [0, 0.1) is 13.8 Å². The lowest BCUT2D eigenvalue weighted by Gasteiger charge is -2.21. The normalized spacial score (nSPS) is 12.6. The Bertz CT molecular complexity index is 379. The zero-order chi connectivity index (χ0) is 14.8. The summed E-state index contributed by atoms with van der Waals surface area (Å²) < 4.78 is 11.2. The molecule has 0 amide bonds. The van der Waals surface area contributed by atoms with Crippen LogP contribution in [-0.4, -0.2) is 33.0 Å². The molecule has 20 heavy (non-hydrogen) atoms. The highest BCUT2D eigenvalue weighted by atomic mass is 16.5. The summed E-state index contributed by atoms with van der Waals surface area (Å²) in [5.74, 6) is 0. The van der Waals surface area contributed by atoms with Gasteiger partial charge in [0, 0.05) is 6.61 Å². The quantitative estimate of drug-likeness (QED) is 0.666. The summed E-state index contributed by atoms with van der Waals surface area (Å²) in [7, 11) is 0. The maximum absolute atomic E-state index is 5.75. The van der Waals surface area contributed by atoms with E-state index in [0.29, 0.717) is 19.8 Å². The van der Waals surface area contributed by atoms with E-state index >= 15 is 0 Å². The molecule has 3 nitrogen and oxygen atoms in total. The third-order valence-corrected chi connectivity index (χ3v) is 3.26. The molecule has 0 aliphatic carbocycles. The minimum atomic E-state index is 0.256. The van der Waals surface area contributed by atoms with Crippen molar-refractivity contribution in [2.75, 3.05) is 33.0 Å². The number of nitrogens with one attached hydrogen (secondary N) is 1.